The smallest absolute Gasteiger partial charge is 0.248 e. The van der Waals surface area contributed by atoms with E-state index in [9.17, 15) is 4.79 Å². The average Bonchev–Trinajstić information content (AvgIpc) is 2.60. The van der Waals surface area contributed by atoms with Crippen LogP contribution in [0.3, 0.4) is 0 Å². The van der Waals surface area contributed by atoms with Gasteiger partial charge in [0.1, 0.15) is 6.61 Å². The van der Waals surface area contributed by atoms with Crippen LogP contribution in [0, 0.1) is 0 Å². The fraction of sp³-hybridized carbons (Fsp3) is 0.611. The van der Waals surface area contributed by atoms with Gasteiger partial charge in [-0.15, -0.1) is 0 Å². The second kappa shape index (κ2) is 8.77. The van der Waals surface area contributed by atoms with E-state index in [1.807, 2.05) is 17.0 Å². The molecule has 0 spiro atoms. The van der Waals surface area contributed by atoms with Crippen molar-refractivity contribution >= 4 is 5.91 Å². The van der Waals surface area contributed by atoms with Crippen LogP contribution in [0.1, 0.15) is 31.2 Å². The van der Waals surface area contributed by atoms with Gasteiger partial charge in [0.2, 0.25) is 5.91 Å². The summed E-state index contributed by atoms with van der Waals surface area (Å²) in [7, 11) is 4.85. The van der Waals surface area contributed by atoms with E-state index in [1.54, 1.807) is 21.3 Å². The van der Waals surface area contributed by atoms with Gasteiger partial charge >= 0.3 is 0 Å². The fourth-order valence-corrected chi connectivity index (χ4v) is 3.20. The Labute approximate surface area is 138 Å². The van der Waals surface area contributed by atoms with Crippen molar-refractivity contribution in [2.45, 2.75) is 38.1 Å². The first kappa shape index (κ1) is 17.6. The number of piperidine rings is 1. The van der Waals surface area contributed by atoms with Gasteiger partial charge in [-0.2, -0.15) is 0 Å². The number of ether oxygens (including phenoxy) is 3. The van der Waals surface area contributed by atoms with Crippen LogP contribution in [-0.2, 0) is 16.0 Å². The molecule has 1 aliphatic rings. The summed E-state index contributed by atoms with van der Waals surface area (Å²) in [5.41, 5.74) is 1.20. The van der Waals surface area contributed by atoms with Crippen molar-refractivity contribution in [3.05, 3.63) is 23.8 Å². The van der Waals surface area contributed by atoms with Crippen molar-refractivity contribution < 1.29 is 19.0 Å². The molecule has 1 saturated heterocycles. The SMILES string of the molecule is COCC(=O)N1CCCC[C@@H]1CCc1ccc(OC)c(OC)c1. The number of carbonyl (C=O) groups is 1. The molecule has 2 rings (SSSR count). The van der Waals surface area contributed by atoms with Crippen molar-refractivity contribution in [3.63, 3.8) is 0 Å². The first-order valence-corrected chi connectivity index (χ1v) is 8.19. The second-order valence-electron chi connectivity index (χ2n) is 5.90. The lowest BCUT2D eigenvalue weighted by atomic mass is 9.95. The second-order valence-corrected chi connectivity index (χ2v) is 5.90. The summed E-state index contributed by atoms with van der Waals surface area (Å²) in [6.07, 6.45) is 5.23. The normalized spacial score (nSPS) is 17.9. The first-order chi connectivity index (χ1) is 11.2. The molecule has 0 saturated carbocycles. The van der Waals surface area contributed by atoms with Gasteiger partial charge in [0.15, 0.2) is 11.5 Å². The lowest BCUT2D eigenvalue weighted by Crippen LogP contribution is -2.45. The number of hydrogen-bond donors (Lipinski definition) is 0. The zero-order chi connectivity index (χ0) is 16.7. The van der Waals surface area contributed by atoms with Crippen LogP contribution in [0.15, 0.2) is 18.2 Å². The van der Waals surface area contributed by atoms with Gasteiger partial charge in [-0.3, -0.25) is 4.79 Å². The maximum Gasteiger partial charge on any atom is 0.248 e. The Morgan fingerprint density at radius 2 is 1.96 bits per heavy atom. The van der Waals surface area contributed by atoms with E-state index in [-0.39, 0.29) is 12.5 Å². The van der Waals surface area contributed by atoms with Gasteiger partial charge < -0.3 is 19.1 Å². The average molecular weight is 321 g/mol. The van der Waals surface area contributed by atoms with Gasteiger partial charge in [0.25, 0.3) is 0 Å². The van der Waals surface area contributed by atoms with E-state index in [0.717, 1.165) is 43.7 Å². The molecule has 1 atom stereocenters. The topological polar surface area (TPSA) is 48.0 Å². The van der Waals surface area contributed by atoms with E-state index in [0.29, 0.717) is 6.04 Å². The molecule has 5 nitrogen and oxygen atoms in total. The summed E-state index contributed by atoms with van der Waals surface area (Å²) >= 11 is 0. The number of nitrogens with zero attached hydrogens (tertiary/aromatic N) is 1. The molecule has 1 aliphatic heterocycles. The molecule has 1 aromatic carbocycles. The van der Waals surface area contributed by atoms with Crippen molar-refractivity contribution in [2.24, 2.45) is 0 Å². The third-order valence-electron chi connectivity index (χ3n) is 4.43. The predicted molar refractivity (Wildman–Crippen MR) is 89.1 cm³/mol. The monoisotopic (exact) mass is 321 g/mol. The van der Waals surface area contributed by atoms with Gasteiger partial charge in [-0.25, -0.2) is 0 Å². The minimum Gasteiger partial charge on any atom is -0.493 e. The third kappa shape index (κ3) is 4.61. The molecule has 1 aromatic rings. The molecule has 1 amide bonds. The van der Waals surface area contributed by atoms with E-state index in [1.165, 1.54) is 12.0 Å². The molecule has 1 heterocycles. The van der Waals surface area contributed by atoms with Gasteiger partial charge in [-0.05, 0) is 49.8 Å². The maximum absolute atomic E-state index is 12.2. The zero-order valence-electron chi connectivity index (χ0n) is 14.3. The largest absolute Gasteiger partial charge is 0.493 e. The molecule has 128 valence electrons. The van der Waals surface area contributed by atoms with Crippen LogP contribution >= 0.6 is 0 Å². The lowest BCUT2D eigenvalue weighted by molar-refractivity contribution is -0.139. The lowest BCUT2D eigenvalue weighted by Gasteiger charge is -2.36. The number of hydrogen-bond acceptors (Lipinski definition) is 4. The molecule has 23 heavy (non-hydrogen) atoms. The summed E-state index contributed by atoms with van der Waals surface area (Å²) in [5.74, 6) is 1.59. The summed E-state index contributed by atoms with van der Waals surface area (Å²) < 4.78 is 15.6. The molecule has 0 aromatic heterocycles. The number of rotatable bonds is 7. The standard InChI is InChI=1S/C18H27NO4/c1-21-13-18(20)19-11-5-4-6-15(19)9-7-14-8-10-16(22-2)17(12-14)23-3/h8,10,12,15H,4-7,9,11,13H2,1-3H3/t15-/m1/s1. The van der Waals surface area contributed by atoms with Crippen molar-refractivity contribution in [3.8, 4) is 11.5 Å². The predicted octanol–water partition coefficient (Wildman–Crippen LogP) is 2.66. The molecule has 0 N–H and O–H groups in total. The van der Waals surface area contributed by atoms with Crippen LogP contribution in [0.25, 0.3) is 0 Å². The van der Waals surface area contributed by atoms with Gasteiger partial charge in [0, 0.05) is 19.7 Å². The Hall–Kier alpha value is -1.75. The summed E-state index contributed by atoms with van der Waals surface area (Å²) in [4.78, 5) is 14.2. The van der Waals surface area contributed by atoms with Gasteiger partial charge in [-0.1, -0.05) is 6.07 Å². The minimum absolute atomic E-state index is 0.101. The third-order valence-corrected chi connectivity index (χ3v) is 4.43. The molecule has 0 bridgehead atoms. The Morgan fingerprint density at radius 1 is 1.17 bits per heavy atom. The summed E-state index contributed by atoms with van der Waals surface area (Å²) in [5, 5.41) is 0. The highest BCUT2D eigenvalue weighted by molar-refractivity contribution is 5.77. The van der Waals surface area contributed by atoms with Crippen molar-refractivity contribution in [1.82, 2.24) is 4.90 Å². The molecular formula is C18H27NO4. The fourth-order valence-electron chi connectivity index (χ4n) is 3.20. The van der Waals surface area contributed by atoms with Crippen LogP contribution in [-0.4, -0.2) is 51.3 Å². The van der Waals surface area contributed by atoms with Crippen molar-refractivity contribution in [1.29, 1.82) is 0 Å². The molecular weight excluding hydrogens is 294 g/mol. The van der Waals surface area contributed by atoms with Crippen LogP contribution in [0.4, 0.5) is 0 Å². The number of carbonyl (C=O) groups excluding carboxylic acids is 1. The zero-order valence-corrected chi connectivity index (χ0v) is 14.3. The van der Waals surface area contributed by atoms with Crippen LogP contribution in [0.2, 0.25) is 0 Å². The summed E-state index contributed by atoms with van der Waals surface area (Å²) in [6.45, 7) is 1.02. The van der Waals surface area contributed by atoms with E-state index < -0.39 is 0 Å². The Bertz CT molecular complexity index is 518. The highest BCUT2D eigenvalue weighted by Gasteiger charge is 2.26. The maximum atomic E-state index is 12.2. The van der Waals surface area contributed by atoms with Gasteiger partial charge in [0.05, 0.1) is 14.2 Å². The molecule has 1 fully saturated rings. The Balaban J connectivity index is 1.99. The summed E-state index contributed by atoms with van der Waals surface area (Å²) in [6, 6.07) is 6.32. The van der Waals surface area contributed by atoms with Crippen LogP contribution < -0.4 is 9.47 Å². The number of benzene rings is 1. The highest BCUT2D eigenvalue weighted by Crippen LogP contribution is 2.29. The van der Waals surface area contributed by atoms with E-state index in [4.69, 9.17) is 14.2 Å². The van der Waals surface area contributed by atoms with Crippen molar-refractivity contribution in [2.75, 3.05) is 34.5 Å². The Morgan fingerprint density at radius 3 is 2.65 bits per heavy atom. The minimum atomic E-state index is 0.101. The van der Waals surface area contributed by atoms with E-state index in [2.05, 4.69) is 6.07 Å². The molecule has 0 radical (unpaired) electrons. The highest BCUT2D eigenvalue weighted by atomic mass is 16.5. The molecule has 0 aliphatic carbocycles. The molecule has 0 unspecified atom stereocenters. The quantitative estimate of drug-likeness (QED) is 0.775. The van der Waals surface area contributed by atoms with E-state index >= 15 is 0 Å². The Kier molecular flexibility index (Phi) is 6.71. The number of amides is 1. The number of aryl methyl sites for hydroxylation is 1. The molecule has 5 heteroatoms. The number of methoxy groups -OCH3 is 3. The first-order valence-electron chi connectivity index (χ1n) is 8.19. The van der Waals surface area contributed by atoms with Crippen LogP contribution in [0.5, 0.6) is 11.5 Å². The number of likely N-dealkylation sites (tertiary alicyclic amines) is 1.